The summed E-state index contributed by atoms with van der Waals surface area (Å²) in [5.74, 6) is 0.860. The fourth-order valence-electron chi connectivity index (χ4n) is 2.57. The Balaban J connectivity index is 1.39. The van der Waals surface area contributed by atoms with Crippen molar-refractivity contribution in [3.05, 3.63) is 53.4 Å². The lowest BCUT2D eigenvalue weighted by atomic mass is 10.2. The van der Waals surface area contributed by atoms with E-state index in [1.54, 1.807) is 6.07 Å². The second kappa shape index (κ2) is 7.53. The van der Waals surface area contributed by atoms with Crippen LogP contribution in [0, 0.1) is 0 Å². The van der Waals surface area contributed by atoms with Gasteiger partial charge in [0.2, 0.25) is 0 Å². The maximum atomic E-state index is 12.2. The van der Waals surface area contributed by atoms with Gasteiger partial charge in [-0.15, -0.1) is 0 Å². The number of piperazine rings is 1. The summed E-state index contributed by atoms with van der Waals surface area (Å²) in [5.41, 5.74) is 0.615. The van der Waals surface area contributed by atoms with E-state index in [1.807, 2.05) is 29.2 Å². The van der Waals surface area contributed by atoms with Gasteiger partial charge in [-0.25, -0.2) is 0 Å². The molecule has 0 radical (unpaired) electrons. The lowest BCUT2D eigenvalue weighted by molar-refractivity contribution is 0.0619. The van der Waals surface area contributed by atoms with E-state index in [4.69, 9.17) is 20.8 Å². The van der Waals surface area contributed by atoms with Crippen molar-refractivity contribution < 1.29 is 13.9 Å². The molecule has 3 rings (SSSR count). The largest absolute Gasteiger partial charge is 0.492 e. The minimum absolute atomic E-state index is 0.0378. The van der Waals surface area contributed by atoms with Crippen molar-refractivity contribution in [2.45, 2.75) is 0 Å². The number of benzene rings is 1. The molecule has 1 aliphatic rings. The molecule has 1 aromatic carbocycles. The molecule has 6 heteroatoms. The monoisotopic (exact) mass is 334 g/mol. The van der Waals surface area contributed by atoms with Crippen LogP contribution >= 0.6 is 11.6 Å². The van der Waals surface area contributed by atoms with Gasteiger partial charge in [0.1, 0.15) is 18.6 Å². The predicted molar refractivity (Wildman–Crippen MR) is 88.0 cm³/mol. The van der Waals surface area contributed by atoms with Crippen LogP contribution in [0.4, 0.5) is 0 Å². The van der Waals surface area contributed by atoms with Crippen molar-refractivity contribution in [1.82, 2.24) is 9.80 Å². The molecule has 1 aromatic heterocycles. The SMILES string of the molecule is O=C(c1ccoc1)N1CCN(CCOc2ccc(Cl)cc2)CC1. The second-order valence-corrected chi connectivity index (χ2v) is 5.88. The molecule has 122 valence electrons. The van der Waals surface area contributed by atoms with Gasteiger partial charge in [-0.1, -0.05) is 11.6 Å². The molecule has 1 saturated heterocycles. The number of ether oxygens (including phenoxy) is 1. The summed E-state index contributed by atoms with van der Waals surface area (Å²) in [6.07, 6.45) is 3.02. The molecule has 1 fully saturated rings. The number of carbonyl (C=O) groups is 1. The Morgan fingerprint density at radius 2 is 1.87 bits per heavy atom. The quantitative estimate of drug-likeness (QED) is 0.843. The molecule has 0 spiro atoms. The highest BCUT2D eigenvalue weighted by Gasteiger charge is 2.22. The summed E-state index contributed by atoms with van der Waals surface area (Å²) in [4.78, 5) is 16.4. The summed E-state index contributed by atoms with van der Waals surface area (Å²) in [5, 5.41) is 0.704. The summed E-state index contributed by atoms with van der Waals surface area (Å²) in [7, 11) is 0. The number of amides is 1. The van der Waals surface area contributed by atoms with E-state index in [2.05, 4.69) is 4.90 Å². The van der Waals surface area contributed by atoms with Crippen LogP contribution in [-0.2, 0) is 0 Å². The van der Waals surface area contributed by atoms with Gasteiger partial charge in [-0.3, -0.25) is 9.69 Å². The van der Waals surface area contributed by atoms with Crippen molar-refractivity contribution in [3.8, 4) is 5.75 Å². The molecule has 1 aliphatic heterocycles. The van der Waals surface area contributed by atoms with Gasteiger partial charge in [-0.05, 0) is 30.3 Å². The normalized spacial score (nSPS) is 15.6. The zero-order valence-corrected chi connectivity index (χ0v) is 13.5. The van der Waals surface area contributed by atoms with E-state index in [-0.39, 0.29) is 5.91 Å². The van der Waals surface area contributed by atoms with Crippen molar-refractivity contribution >= 4 is 17.5 Å². The Hall–Kier alpha value is -1.98. The minimum Gasteiger partial charge on any atom is -0.492 e. The van der Waals surface area contributed by atoms with Crippen molar-refractivity contribution in [3.63, 3.8) is 0 Å². The Kier molecular flexibility index (Phi) is 5.20. The lowest BCUT2D eigenvalue weighted by Crippen LogP contribution is -2.49. The van der Waals surface area contributed by atoms with E-state index in [1.165, 1.54) is 12.5 Å². The fraction of sp³-hybridized carbons (Fsp3) is 0.353. The average molecular weight is 335 g/mol. The Bertz CT molecular complexity index is 620. The van der Waals surface area contributed by atoms with Crippen LogP contribution < -0.4 is 4.74 Å². The van der Waals surface area contributed by atoms with Crippen molar-refractivity contribution in [2.24, 2.45) is 0 Å². The summed E-state index contributed by atoms with van der Waals surface area (Å²) in [6, 6.07) is 9.07. The van der Waals surface area contributed by atoms with Crippen LogP contribution in [0.3, 0.4) is 0 Å². The first kappa shape index (κ1) is 15.9. The third-order valence-electron chi connectivity index (χ3n) is 3.92. The van der Waals surface area contributed by atoms with E-state index in [0.29, 0.717) is 17.2 Å². The molecule has 0 saturated carbocycles. The molecular weight excluding hydrogens is 316 g/mol. The van der Waals surface area contributed by atoms with Gasteiger partial charge in [0, 0.05) is 37.7 Å². The molecule has 2 heterocycles. The molecule has 0 unspecified atom stereocenters. The number of nitrogens with zero attached hydrogens (tertiary/aromatic N) is 2. The van der Waals surface area contributed by atoms with Gasteiger partial charge in [-0.2, -0.15) is 0 Å². The maximum absolute atomic E-state index is 12.2. The third-order valence-corrected chi connectivity index (χ3v) is 4.17. The summed E-state index contributed by atoms with van der Waals surface area (Å²) in [6.45, 7) is 4.63. The molecule has 0 bridgehead atoms. The molecule has 23 heavy (non-hydrogen) atoms. The van der Waals surface area contributed by atoms with Crippen LogP contribution in [0.5, 0.6) is 5.75 Å². The van der Waals surface area contributed by atoms with Crippen molar-refractivity contribution in [2.75, 3.05) is 39.3 Å². The Morgan fingerprint density at radius 1 is 1.13 bits per heavy atom. The van der Waals surface area contributed by atoms with Crippen LogP contribution in [0.2, 0.25) is 5.02 Å². The molecular formula is C17H19ClN2O3. The first-order valence-electron chi connectivity index (χ1n) is 7.64. The fourth-order valence-corrected chi connectivity index (χ4v) is 2.69. The lowest BCUT2D eigenvalue weighted by Gasteiger charge is -2.34. The van der Waals surface area contributed by atoms with Crippen LogP contribution in [0.25, 0.3) is 0 Å². The third kappa shape index (κ3) is 4.27. The number of furan rings is 1. The topological polar surface area (TPSA) is 45.9 Å². The van der Waals surface area contributed by atoms with E-state index < -0.39 is 0 Å². The zero-order valence-electron chi connectivity index (χ0n) is 12.8. The van der Waals surface area contributed by atoms with E-state index >= 15 is 0 Å². The predicted octanol–water partition coefficient (Wildman–Crippen LogP) is 2.77. The molecule has 1 amide bonds. The zero-order chi connectivity index (χ0) is 16.1. The summed E-state index contributed by atoms with van der Waals surface area (Å²) >= 11 is 5.84. The first-order valence-corrected chi connectivity index (χ1v) is 8.02. The number of hydrogen-bond acceptors (Lipinski definition) is 4. The van der Waals surface area contributed by atoms with Gasteiger partial charge < -0.3 is 14.1 Å². The standard InChI is InChI=1S/C17H19ClN2O3/c18-15-1-3-16(4-2-15)23-12-10-19-6-8-20(9-7-19)17(21)14-5-11-22-13-14/h1-5,11,13H,6-10,12H2. The highest BCUT2D eigenvalue weighted by Crippen LogP contribution is 2.15. The summed E-state index contributed by atoms with van der Waals surface area (Å²) < 4.78 is 10.7. The highest BCUT2D eigenvalue weighted by atomic mass is 35.5. The first-order chi connectivity index (χ1) is 11.2. The Labute approximate surface area is 140 Å². The Morgan fingerprint density at radius 3 is 2.52 bits per heavy atom. The molecule has 5 nitrogen and oxygen atoms in total. The van der Waals surface area contributed by atoms with Gasteiger partial charge >= 0.3 is 0 Å². The van der Waals surface area contributed by atoms with Gasteiger partial charge in [0.15, 0.2) is 0 Å². The number of carbonyl (C=O) groups excluding carboxylic acids is 1. The van der Waals surface area contributed by atoms with Gasteiger partial charge in [0.05, 0.1) is 11.8 Å². The smallest absolute Gasteiger partial charge is 0.257 e. The number of rotatable bonds is 5. The van der Waals surface area contributed by atoms with E-state index in [0.717, 1.165) is 38.5 Å². The minimum atomic E-state index is 0.0378. The van der Waals surface area contributed by atoms with Gasteiger partial charge in [0.25, 0.3) is 5.91 Å². The number of halogens is 1. The van der Waals surface area contributed by atoms with Crippen LogP contribution in [-0.4, -0.2) is 55.0 Å². The molecule has 0 aliphatic carbocycles. The average Bonchev–Trinajstić information content (AvgIpc) is 3.11. The second-order valence-electron chi connectivity index (χ2n) is 5.45. The molecule has 0 atom stereocenters. The van der Waals surface area contributed by atoms with Crippen LogP contribution in [0.15, 0.2) is 47.3 Å². The van der Waals surface area contributed by atoms with E-state index in [9.17, 15) is 4.79 Å². The highest BCUT2D eigenvalue weighted by molar-refractivity contribution is 6.30. The number of hydrogen-bond donors (Lipinski definition) is 0. The molecule has 0 N–H and O–H groups in total. The maximum Gasteiger partial charge on any atom is 0.257 e. The van der Waals surface area contributed by atoms with Crippen molar-refractivity contribution in [1.29, 1.82) is 0 Å². The van der Waals surface area contributed by atoms with Crippen LogP contribution in [0.1, 0.15) is 10.4 Å². The molecule has 2 aromatic rings.